The summed E-state index contributed by atoms with van der Waals surface area (Å²) in [5.74, 6) is 0. The van der Waals surface area contributed by atoms with E-state index < -0.39 is 0 Å². The molecule has 0 aliphatic rings. The van der Waals surface area contributed by atoms with Gasteiger partial charge < -0.3 is 5.73 Å². The Balaban J connectivity index is 2.45. The van der Waals surface area contributed by atoms with Crippen molar-refractivity contribution in [1.82, 2.24) is 0 Å². The molecule has 0 aromatic heterocycles. The fourth-order valence-electron chi connectivity index (χ4n) is 3.03. The molecular weight excluding hydrogens is 230 g/mol. The van der Waals surface area contributed by atoms with E-state index in [0.29, 0.717) is 0 Å². The SMILES string of the molecule is CCC(CC)(c1ccccc1)C(N)c1ccccc1. The molecule has 0 saturated carbocycles. The van der Waals surface area contributed by atoms with Crippen molar-refractivity contribution in [2.45, 2.75) is 38.1 Å². The molecule has 100 valence electrons. The average molecular weight is 253 g/mol. The second-order valence-corrected chi connectivity index (χ2v) is 5.12. The Kier molecular flexibility index (Phi) is 4.39. The van der Waals surface area contributed by atoms with Gasteiger partial charge in [0.15, 0.2) is 0 Å². The van der Waals surface area contributed by atoms with Gasteiger partial charge in [-0.15, -0.1) is 0 Å². The third kappa shape index (κ3) is 2.57. The highest BCUT2D eigenvalue weighted by Gasteiger charge is 2.35. The number of benzene rings is 2. The zero-order chi connectivity index (χ0) is 13.7. The maximum Gasteiger partial charge on any atom is 0.0392 e. The summed E-state index contributed by atoms with van der Waals surface area (Å²) in [7, 11) is 0. The van der Waals surface area contributed by atoms with Crippen LogP contribution in [0.15, 0.2) is 60.7 Å². The first-order valence-electron chi connectivity index (χ1n) is 7.10. The smallest absolute Gasteiger partial charge is 0.0392 e. The van der Waals surface area contributed by atoms with E-state index in [9.17, 15) is 0 Å². The molecule has 1 heteroatoms. The van der Waals surface area contributed by atoms with Crippen LogP contribution in [0.4, 0.5) is 0 Å². The van der Waals surface area contributed by atoms with Gasteiger partial charge in [-0.2, -0.15) is 0 Å². The van der Waals surface area contributed by atoms with E-state index in [0.717, 1.165) is 12.8 Å². The fourth-order valence-corrected chi connectivity index (χ4v) is 3.03. The van der Waals surface area contributed by atoms with Gasteiger partial charge in [0.25, 0.3) is 0 Å². The zero-order valence-electron chi connectivity index (χ0n) is 11.8. The maximum absolute atomic E-state index is 6.63. The van der Waals surface area contributed by atoms with Gasteiger partial charge in [0.1, 0.15) is 0 Å². The van der Waals surface area contributed by atoms with E-state index in [1.807, 2.05) is 6.07 Å². The van der Waals surface area contributed by atoms with Crippen LogP contribution in [0.3, 0.4) is 0 Å². The molecule has 2 N–H and O–H groups in total. The molecule has 0 saturated heterocycles. The summed E-state index contributed by atoms with van der Waals surface area (Å²) in [6.07, 6.45) is 2.09. The van der Waals surface area contributed by atoms with Crippen molar-refractivity contribution >= 4 is 0 Å². The number of nitrogens with two attached hydrogens (primary N) is 1. The summed E-state index contributed by atoms with van der Waals surface area (Å²) < 4.78 is 0. The third-order valence-electron chi connectivity index (χ3n) is 4.36. The topological polar surface area (TPSA) is 26.0 Å². The molecule has 0 heterocycles. The van der Waals surface area contributed by atoms with Crippen LogP contribution in [0.1, 0.15) is 43.9 Å². The zero-order valence-corrected chi connectivity index (χ0v) is 11.8. The van der Waals surface area contributed by atoms with Crippen molar-refractivity contribution in [3.05, 3.63) is 71.8 Å². The van der Waals surface area contributed by atoms with Crippen molar-refractivity contribution in [1.29, 1.82) is 0 Å². The van der Waals surface area contributed by atoms with Crippen molar-refractivity contribution in [2.75, 3.05) is 0 Å². The summed E-state index contributed by atoms with van der Waals surface area (Å²) >= 11 is 0. The first-order chi connectivity index (χ1) is 9.24. The molecule has 2 rings (SSSR count). The van der Waals surface area contributed by atoms with Gasteiger partial charge in [-0.3, -0.25) is 0 Å². The second-order valence-electron chi connectivity index (χ2n) is 5.12. The average Bonchev–Trinajstić information content (AvgIpc) is 2.51. The van der Waals surface area contributed by atoms with Crippen LogP contribution < -0.4 is 5.73 Å². The maximum atomic E-state index is 6.63. The highest BCUT2D eigenvalue weighted by atomic mass is 14.7. The van der Waals surface area contributed by atoms with Crippen LogP contribution in [0.25, 0.3) is 0 Å². The number of rotatable bonds is 5. The summed E-state index contributed by atoms with van der Waals surface area (Å²) in [6, 6.07) is 21.2. The molecule has 0 aliphatic heterocycles. The largest absolute Gasteiger partial charge is 0.323 e. The van der Waals surface area contributed by atoms with E-state index >= 15 is 0 Å². The Morgan fingerprint density at radius 2 is 1.32 bits per heavy atom. The third-order valence-corrected chi connectivity index (χ3v) is 4.36. The minimum atomic E-state index is 0.0165. The highest BCUT2D eigenvalue weighted by Crippen LogP contribution is 2.41. The lowest BCUT2D eigenvalue weighted by Gasteiger charge is -2.38. The molecule has 1 nitrogen and oxygen atoms in total. The Bertz CT molecular complexity index is 486. The van der Waals surface area contributed by atoms with E-state index in [2.05, 4.69) is 68.4 Å². The van der Waals surface area contributed by atoms with Crippen molar-refractivity contribution in [3.8, 4) is 0 Å². The summed E-state index contributed by atoms with van der Waals surface area (Å²) in [6.45, 7) is 4.47. The Labute approximate surface area is 116 Å². The molecule has 0 bridgehead atoms. The monoisotopic (exact) mass is 253 g/mol. The lowest BCUT2D eigenvalue weighted by atomic mass is 9.68. The van der Waals surface area contributed by atoms with Gasteiger partial charge in [-0.25, -0.2) is 0 Å². The lowest BCUT2D eigenvalue weighted by Crippen LogP contribution is -2.37. The Morgan fingerprint density at radius 1 is 0.842 bits per heavy atom. The van der Waals surface area contributed by atoms with E-state index in [1.54, 1.807) is 0 Å². The van der Waals surface area contributed by atoms with Crippen LogP contribution in [-0.2, 0) is 5.41 Å². The lowest BCUT2D eigenvalue weighted by molar-refractivity contribution is 0.322. The molecule has 0 radical (unpaired) electrons. The highest BCUT2D eigenvalue weighted by molar-refractivity contribution is 5.32. The van der Waals surface area contributed by atoms with Gasteiger partial charge in [0.2, 0.25) is 0 Å². The van der Waals surface area contributed by atoms with Crippen LogP contribution in [0.5, 0.6) is 0 Å². The fraction of sp³-hybridized carbons (Fsp3) is 0.333. The van der Waals surface area contributed by atoms with E-state index in [4.69, 9.17) is 5.73 Å². The van der Waals surface area contributed by atoms with Gasteiger partial charge in [-0.1, -0.05) is 74.5 Å². The molecule has 19 heavy (non-hydrogen) atoms. The van der Waals surface area contributed by atoms with Crippen LogP contribution in [0.2, 0.25) is 0 Å². The second kappa shape index (κ2) is 6.03. The molecular formula is C18H23N. The molecule has 0 spiro atoms. The van der Waals surface area contributed by atoms with Crippen LogP contribution in [-0.4, -0.2) is 0 Å². The summed E-state index contributed by atoms with van der Waals surface area (Å²) in [5.41, 5.74) is 9.21. The van der Waals surface area contributed by atoms with Gasteiger partial charge in [0.05, 0.1) is 0 Å². The summed E-state index contributed by atoms with van der Waals surface area (Å²) in [5, 5.41) is 0. The molecule has 0 fully saturated rings. The standard InChI is InChI=1S/C18H23N/c1-3-18(4-2,16-13-9-6-10-14-16)17(19)15-11-7-5-8-12-15/h5-14,17H,3-4,19H2,1-2H3. The summed E-state index contributed by atoms with van der Waals surface area (Å²) in [4.78, 5) is 0. The van der Waals surface area contributed by atoms with Crippen molar-refractivity contribution < 1.29 is 0 Å². The predicted molar refractivity (Wildman–Crippen MR) is 82.1 cm³/mol. The van der Waals surface area contributed by atoms with Crippen LogP contribution in [0, 0.1) is 0 Å². The molecule has 2 aromatic carbocycles. The van der Waals surface area contributed by atoms with Crippen molar-refractivity contribution in [3.63, 3.8) is 0 Å². The van der Waals surface area contributed by atoms with E-state index in [1.165, 1.54) is 11.1 Å². The van der Waals surface area contributed by atoms with Gasteiger partial charge in [-0.05, 0) is 24.0 Å². The Morgan fingerprint density at radius 3 is 1.79 bits per heavy atom. The minimum Gasteiger partial charge on any atom is -0.323 e. The van der Waals surface area contributed by atoms with Crippen LogP contribution >= 0.6 is 0 Å². The molecule has 1 unspecified atom stereocenters. The van der Waals surface area contributed by atoms with Gasteiger partial charge in [0, 0.05) is 11.5 Å². The number of hydrogen-bond donors (Lipinski definition) is 1. The van der Waals surface area contributed by atoms with Gasteiger partial charge >= 0.3 is 0 Å². The Hall–Kier alpha value is -1.60. The first kappa shape index (κ1) is 13.8. The van der Waals surface area contributed by atoms with E-state index in [-0.39, 0.29) is 11.5 Å². The molecule has 2 aromatic rings. The molecule has 0 amide bonds. The normalized spacial score (nSPS) is 13.2. The first-order valence-corrected chi connectivity index (χ1v) is 7.10. The molecule has 1 atom stereocenters. The number of hydrogen-bond acceptors (Lipinski definition) is 1. The van der Waals surface area contributed by atoms with Crippen molar-refractivity contribution in [2.24, 2.45) is 5.73 Å². The quantitative estimate of drug-likeness (QED) is 0.837. The molecule has 0 aliphatic carbocycles. The predicted octanol–water partition coefficient (Wildman–Crippen LogP) is 4.44. The minimum absolute atomic E-state index is 0.0165.